The van der Waals surface area contributed by atoms with Crippen LogP contribution in [0.5, 0.6) is 0 Å². The molecule has 0 aromatic carbocycles. The lowest BCUT2D eigenvalue weighted by Crippen LogP contribution is -2.46. The highest BCUT2D eigenvalue weighted by atomic mass is 16.2. The first-order valence-corrected chi connectivity index (χ1v) is 9.08. The van der Waals surface area contributed by atoms with Crippen molar-refractivity contribution < 1.29 is 9.59 Å². The third-order valence-electron chi connectivity index (χ3n) is 5.51. The van der Waals surface area contributed by atoms with Crippen LogP contribution in [0.25, 0.3) is 0 Å². The van der Waals surface area contributed by atoms with E-state index in [2.05, 4.69) is 29.4 Å². The molecule has 0 aromatic rings. The normalized spacial score (nSPS) is 30.2. The average Bonchev–Trinajstić information content (AvgIpc) is 3.08. The second kappa shape index (κ2) is 7.07. The van der Waals surface area contributed by atoms with Crippen molar-refractivity contribution in [3.63, 3.8) is 0 Å². The molecule has 130 valence electrons. The number of amides is 3. The lowest BCUT2D eigenvalue weighted by molar-refractivity contribution is -0.120. The number of hydrogen-bond donors (Lipinski definition) is 2. The van der Waals surface area contributed by atoms with Crippen molar-refractivity contribution in [3.8, 4) is 0 Å². The summed E-state index contributed by atoms with van der Waals surface area (Å²) in [5.74, 6) is 1.57. The van der Waals surface area contributed by atoms with Gasteiger partial charge in [-0.2, -0.15) is 0 Å². The van der Waals surface area contributed by atoms with Crippen LogP contribution in [0.2, 0.25) is 0 Å². The molecule has 2 N–H and O–H groups in total. The molecule has 6 nitrogen and oxygen atoms in total. The highest BCUT2D eigenvalue weighted by Crippen LogP contribution is 2.40. The largest absolute Gasteiger partial charge is 0.354 e. The van der Waals surface area contributed by atoms with Gasteiger partial charge in [-0.05, 0) is 37.1 Å². The molecule has 3 aliphatic heterocycles. The van der Waals surface area contributed by atoms with E-state index in [1.165, 1.54) is 25.8 Å². The minimum atomic E-state index is -0.107. The summed E-state index contributed by atoms with van der Waals surface area (Å²) in [5, 5.41) is 5.60. The number of likely N-dealkylation sites (tertiary alicyclic amines) is 1. The molecule has 3 rings (SSSR count). The van der Waals surface area contributed by atoms with Crippen molar-refractivity contribution >= 4 is 11.9 Å². The minimum Gasteiger partial charge on any atom is -0.354 e. The van der Waals surface area contributed by atoms with Gasteiger partial charge in [0.05, 0.1) is 6.54 Å². The Morgan fingerprint density at radius 2 is 1.96 bits per heavy atom. The van der Waals surface area contributed by atoms with Crippen molar-refractivity contribution in [2.45, 2.75) is 39.2 Å². The Kier molecular flexibility index (Phi) is 5.09. The van der Waals surface area contributed by atoms with Gasteiger partial charge < -0.3 is 15.5 Å². The number of nitrogens with zero attached hydrogens (tertiary/aromatic N) is 2. The van der Waals surface area contributed by atoms with Gasteiger partial charge in [-0.1, -0.05) is 20.3 Å². The number of urea groups is 1. The molecule has 3 aliphatic rings. The predicted octanol–water partition coefficient (Wildman–Crippen LogP) is 0.884. The summed E-state index contributed by atoms with van der Waals surface area (Å²) in [7, 11) is 0. The number of carbonyl (C=O) groups is 2. The van der Waals surface area contributed by atoms with Crippen molar-refractivity contribution in [3.05, 3.63) is 0 Å². The van der Waals surface area contributed by atoms with E-state index in [1.54, 1.807) is 0 Å². The van der Waals surface area contributed by atoms with Gasteiger partial charge in [0.15, 0.2) is 0 Å². The van der Waals surface area contributed by atoms with Gasteiger partial charge in [-0.25, -0.2) is 4.79 Å². The molecule has 0 radical (unpaired) electrons. The van der Waals surface area contributed by atoms with Gasteiger partial charge in [-0.15, -0.1) is 0 Å². The minimum absolute atomic E-state index is 0.0763. The Hall–Kier alpha value is -1.30. The predicted molar refractivity (Wildman–Crippen MR) is 89.0 cm³/mol. The topological polar surface area (TPSA) is 64.7 Å². The van der Waals surface area contributed by atoms with Gasteiger partial charge in [-0.3, -0.25) is 9.69 Å². The van der Waals surface area contributed by atoms with Gasteiger partial charge in [0.1, 0.15) is 0 Å². The summed E-state index contributed by atoms with van der Waals surface area (Å²) < 4.78 is 0. The Balaban J connectivity index is 1.43. The maximum absolute atomic E-state index is 12.3. The van der Waals surface area contributed by atoms with Crippen LogP contribution in [0, 0.1) is 17.8 Å². The zero-order valence-electron chi connectivity index (χ0n) is 14.4. The van der Waals surface area contributed by atoms with E-state index in [4.69, 9.17) is 0 Å². The zero-order valence-corrected chi connectivity index (χ0v) is 14.4. The molecule has 6 heteroatoms. The van der Waals surface area contributed by atoms with Crippen LogP contribution in [0.15, 0.2) is 0 Å². The standard InChI is InChI=1S/C17H30N4O2/c1-12(2)7-18-16(22)8-19-17(23)21-10-13-9-20-6-4-3-5-15(20)14(13)11-21/h12-15H,3-11H2,1-2H3,(H,18,22)(H,19,23)/t13-,14+,15+/m0/s1. The molecule has 0 saturated carbocycles. The molecule has 0 bridgehead atoms. The molecular weight excluding hydrogens is 292 g/mol. The van der Waals surface area contributed by atoms with E-state index in [-0.39, 0.29) is 18.5 Å². The van der Waals surface area contributed by atoms with Gasteiger partial charge in [0, 0.05) is 32.2 Å². The van der Waals surface area contributed by atoms with E-state index in [9.17, 15) is 9.59 Å². The first kappa shape index (κ1) is 16.6. The first-order chi connectivity index (χ1) is 11.0. The second-order valence-electron chi connectivity index (χ2n) is 7.74. The summed E-state index contributed by atoms with van der Waals surface area (Å²) in [6.45, 7) is 8.91. The number of nitrogens with one attached hydrogen (secondary N) is 2. The van der Waals surface area contributed by atoms with Crippen molar-refractivity contribution in [2.24, 2.45) is 17.8 Å². The summed E-state index contributed by atoms with van der Waals surface area (Å²) in [5.41, 5.74) is 0. The number of hydrogen-bond acceptors (Lipinski definition) is 3. The monoisotopic (exact) mass is 322 g/mol. The molecule has 3 amide bonds. The van der Waals surface area contributed by atoms with E-state index in [1.807, 2.05) is 4.90 Å². The van der Waals surface area contributed by atoms with Crippen molar-refractivity contribution in [1.82, 2.24) is 20.4 Å². The average molecular weight is 322 g/mol. The number of carbonyl (C=O) groups excluding carboxylic acids is 2. The number of piperidine rings is 1. The Morgan fingerprint density at radius 3 is 2.74 bits per heavy atom. The maximum Gasteiger partial charge on any atom is 0.317 e. The van der Waals surface area contributed by atoms with Gasteiger partial charge in [0.2, 0.25) is 5.91 Å². The maximum atomic E-state index is 12.3. The van der Waals surface area contributed by atoms with Crippen LogP contribution >= 0.6 is 0 Å². The van der Waals surface area contributed by atoms with Crippen LogP contribution in [0.1, 0.15) is 33.1 Å². The molecule has 3 saturated heterocycles. The van der Waals surface area contributed by atoms with Gasteiger partial charge in [0.25, 0.3) is 0 Å². The van der Waals surface area contributed by atoms with E-state index >= 15 is 0 Å². The molecule has 0 aromatic heterocycles. The lowest BCUT2D eigenvalue weighted by atomic mass is 9.90. The quantitative estimate of drug-likeness (QED) is 0.808. The van der Waals surface area contributed by atoms with Crippen LogP contribution in [-0.4, -0.2) is 67.0 Å². The fourth-order valence-electron chi connectivity index (χ4n) is 4.37. The Labute approximate surface area is 139 Å². The third kappa shape index (κ3) is 3.79. The molecule has 3 heterocycles. The zero-order chi connectivity index (χ0) is 16.4. The fourth-order valence-corrected chi connectivity index (χ4v) is 4.37. The second-order valence-corrected chi connectivity index (χ2v) is 7.74. The van der Waals surface area contributed by atoms with Crippen LogP contribution < -0.4 is 10.6 Å². The lowest BCUT2D eigenvalue weighted by Gasteiger charge is -2.33. The summed E-state index contributed by atoms with van der Waals surface area (Å²) in [6.07, 6.45) is 3.94. The summed E-state index contributed by atoms with van der Waals surface area (Å²) >= 11 is 0. The van der Waals surface area contributed by atoms with E-state index in [0.29, 0.717) is 30.3 Å². The molecule has 23 heavy (non-hydrogen) atoms. The highest BCUT2D eigenvalue weighted by molar-refractivity contribution is 5.84. The van der Waals surface area contributed by atoms with Crippen LogP contribution in [0.3, 0.4) is 0 Å². The third-order valence-corrected chi connectivity index (χ3v) is 5.51. The molecule has 3 atom stereocenters. The summed E-state index contributed by atoms with van der Waals surface area (Å²) in [6, 6.07) is 0.599. The molecule has 3 fully saturated rings. The number of fused-ring (bicyclic) bond motifs is 3. The Bertz CT molecular complexity index is 454. The van der Waals surface area contributed by atoms with Gasteiger partial charge >= 0.3 is 6.03 Å². The highest BCUT2D eigenvalue weighted by Gasteiger charge is 2.48. The molecule has 0 spiro atoms. The molecule has 0 aliphatic carbocycles. The van der Waals surface area contributed by atoms with Crippen molar-refractivity contribution in [1.29, 1.82) is 0 Å². The smallest absolute Gasteiger partial charge is 0.317 e. The summed E-state index contributed by atoms with van der Waals surface area (Å²) in [4.78, 5) is 28.5. The Morgan fingerprint density at radius 1 is 1.13 bits per heavy atom. The van der Waals surface area contributed by atoms with Crippen molar-refractivity contribution in [2.75, 3.05) is 39.3 Å². The van der Waals surface area contributed by atoms with Crippen LogP contribution in [-0.2, 0) is 4.79 Å². The molecular formula is C17H30N4O2. The first-order valence-electron chi connectivity index (χ1n) is 9.08. The van der Waals surface area contributed by atoms with Crippen LogP contribution in [0.4, 0.5) is 4.79 Å². The SMILES string of the molecule is CC(C)CNC(=O)CNC(=O)N1C[C@@H]2CN3CCCC[C@@H]3[C@@H]2C1. The van der Waals surface area contributed by atoms with E-state index < -0.39 is 0 Å². The number of rotatable bonds is 4. The van der Waals surface area contributed by atoms with E-state index in [0.717, 1.165) is 19.6 Å². The molecule has 0 unspecified atom stereocenters. The fraction of sp³-hybridized carbons (Fsp3) is 0.882.